The molecule has 0 bridgehead atoms. The number of urea groups is 1. The van der Waals surface area contributed by atoms with Crippen LogP contribution in [0.15, 0.2) is 30.3 Å². The molecule has 0 heterocycles. The minimum Gasteiger partial charge on any atom is -0.393 e. The first-order valence-electron chi connectivity index (χ1n) is 7.95. The highest BCUT2D eigenvalue weighted by atomic mass is 16.3. The molecule has 0 spiro atoms. The smallest absolute Gasteiger partial charge is 0.319 e. The van der Waals surface area contributed by atoms with E-state index in [0.29, 0.717) is 19.4 Å². The first-order chi connectivity index (χ1) is 10.7. The predicted molar refractivity (Wildman–Crippen MR) is 89.3 cm³/mol. The molecule has 4 heteroatoms. The van der Waals surface area contributed by atoms with Gasteiger partial charge in [0.25, 0.3) is 0 Å². The first-order valence-corrected chi connectivity index (χ1v) is 7.95. The summed E-state index contributed by atoms with van der Waals surface area (Å²) in [5.41, 5.74) is 3.57. The molecule has 0 aromatic heterocycles. The monoisotopic (exact) mass is 298 g/mol. The molecule has 4 nitrogen and oxygen atoms in total. The molecule has 116 valence electrons. The third kappa shape index (κ3) is 2.92. The van der Waals surface area contributed by atoms with Crippen LogP contribution in [0.1, 0.15) is 30.9 Å². The van der Waals surface area contributed by atoms with Gasteiger partial charge in [-0.25, -0.2) is 4.79 Å². The SMILES string of the molecule is CCC(O)CCNC(=O)Nc1ccc2c3c(cccc13)CC2. The van der Waals surface area contributed by atoms with E-state index >= 15 is 0 Å². The molecular weight excluding hydrogens is 276 g/mol. The van der Waals surface area contributed by atoms with Gasteiger partial charge in [-0.1, -0.05) is 31.2 Å². The van der Waals surface area contributed by atoms with E-state index in [1.54, 1.807) is 0 Å². The Kier molecular flexibility index (Phi) is 4.29. The maximum Gasteiger partial charge on any atom is 0.319 e. The van der Waals surface area contributed by atoms with Gasteiger partial charge in [0.15, 0.2) is 0 Å². The van der Waals surface area contributed by atoms with Crippen LogP contribution in [0.3, 0.4) is 0 Å². The number of hydrogen-bond donors (Lipinski definition) is 3. The summed E-state index contributed by atoms with van der Waals surface area (Å²) in [7, 11) is 0. The number of aliphatic hydroxyl groups is 1. The van der Waals surface area contributed by atoms with Gasteiger partial charge in [0.05, 0.1) is 11.8 Å². The Hall–Kier alpha value is -2.07. The van der Waals surface area contributed by atoms with Crippen LogP contribution in [0, 0.1) is 0 Å². The maximum absolute atomic E-state index is 12.0. The van der Waals surface area contributed by atoms with Crippen molar-refractivity contribution in [3.8, 4) is 0 Å². The van der Waals surface area contributed by atoms with E-state index in [4.69, 9.17) is 0 Å². The molecule has 0 saturated heterocycles. The maximum atomic E-state index is 12.0. The van der Waals surface area contributed by atoms with Crippen LogP contribution in [-0.4, -0.2) is 23.8 Å². The zero-order chi connectivity index (χ0) is 15.5. The Morgan fingerprint density at radius 3 is 2.77 bits per heavy atom. The van der Waals surface area contributed by atoms with Crippen LogP contribution < -0.4 is 10.6 Å². The highest BCUT2D eigenvalue weighted by molar-refractivity contribution is 6.04. The van der Waals surface area contributed by atoms with Crippen LogP contribution in [0.5, 0.6) is 0 Å². The largest absolute Gasteiger partial charge is 0.393 e. The Morgan fingerprint density at radius 1 is 1.23 bits per heavy atom. The van der Waals surface area contributed by atoms with Gasteiger partial charge < -0.3 is 15.7 Å². The Balaban J connectivity index is 1.71. The molecule has 2 amide bonds. The van der Waals surface area contributed by atoms with Crippen molar-refractivity contribution in [2.24, 2.45) is 0 Å². The number of aryl methyl sites for hydroxylation is 2. The topological polar surface area (TPSA) is 61.4 Å². The minimum atomic E-state index is -0.350. The van der Waals surface area contributed by atoms with Crippen molar-refractivity contribution in [3.05, 3.63) is 41.5 Å². The molecule has 0 saturated carbocycles. The third-order valence-electron chi connectivity index (χ3n) is 4.36. The summed E-state index contributed by atoms with van der Waals surface area (Å²) in [5.74, 6) is 0. The fraction of sp³-hybridized carbons (Fsp3) is 0.389. The van der Waals surface area contributed by atoms with Crippen molar-refractivity contribution < 1.29 is 9.90 Å². The van der Waals surface area contributed by atoms with Crippen molar-refractivity contribution in [3.63, 3.8) is 0 Å². The number of carbonyl (C=O) groups is 1. The van der Waals surface area contributed by atoms with Gasteiger partial charge in [-0.05, 0) is 48.3 Å². The molecule has 3 N–H and O–H groups in total. The average molecular weight is 298 g/mol. The van der Waals surface area contributed by atoms with Crippen molar-refractivity contribution in [2.75, 3.05) is 11.9 Å². The zero-order valence-corrected chi connectivity index (χ0v) is 12.9. The molecule has 0 aliphatic heterocycles. The van der Waals surface area contributed by atoms with Gasteiger partial charge in [0.1, 0.15) is 0 Å². The number of nitrogens with one attached hydrogen (secondary N) is 2. The van der Waals surface area contributed by atoms with Crippen molar-refractivity contribution >= 4 is 22.5 Å². The van der Waals surface area contributed by atoms with Crippen molar-refractivity contribution in [2.45, 2.75) is 38.7 Å². The van der Waals surface area contributed by atoms with Gasteiger partial charge in [-0.2, -0.15) is 0 Å². The lowest BCUT2D eigenvalue weighted by molar-refractivity contribution is 0.160. The summed E-state index contributed by atoms with van der Waals surface area (Å²) in [6.07, 6.45) is 3.09. The standard InChI is InChI=1S/C18H22N2O2/c1-2-14(21)10-11-19-18(22)20-16-9-8-13-7-6-12-4-3-5-15(16)17(12)13/h3-5,8-9,14,21H,2,6-7,10-11H2,1H3,(H2,19,20,22). The number of carbonyl (C=O) groups excluding carboxylic acids is 1. The molecule has 22 heavy (non-hydrogen) atoms. The summed E-state index contributed by atoms with van der Waals surface area (Å²) >= 11 is 0. The van der Waals surface area contributed by atoms with E-state index in [1.807, 2.05) is 19.1 Å². The normalized spacial score (nSPS) is 14.1. The van der Waals surface area contributed by atoms with E-state index in [9.17, 15) is 9.90 Å². The quantitative estimate of drug-likeness (QED) is 0.793. The molecule has 2 aromatic carbocycles. The second-order valence-corrected chi connectivity index (χ2v) is 5.84. The molecular formula is C18H22N2O2. The van der Waals surface area contributed by atoms with Gasteiger partial charge in [0.2, 0.25) is 0 Å². The third-order valence-corrected chi connectivity index (χ3v) is 4.36. The van der Waals surface area contributed by atoms with Gasteiger partial charge in [-0.3, -0.25) is 0 Å². The second-order valence-electron chi connectivity index (χ2n) is 5.84. The number of hydrogen-bond acceptors (Lipinski definition) is 2. The molecule has 1 atom stereocenters. The summed E-state index contributed by atoms with van der Waals surface area (Å²) in [6, 6.07) is 10.1. The van der Waals surface area contributed by atoms with Crippen LogP contribution in [0.4, 0.5) is 10.5 Å². The zero-order valence-electron chi connectivity index (χ0n) is 12.9. The molecule has 3 rings (SSSR count). The Labute approximate surface area is 130 Å². The molecule has 0 fully saturated rings. The Morgan fingerprint density at radius 2 is 2.00 bits per heavy atom. The van der Waals surface area contributed by atoms with Crippen LogP contribution >= 0.6 is 0 Å². The number of aliphatic hydroxyl groups excluding tert-OH is 1. The number of anilines is 1. The molecule has 2 aromatic rings. The van der Waals surface area contributed by atoms with Crippen molar-refractivity contribution in [1.82, 2.24) is 5.32 Å². The van der Waals surface area contributed by atoms with Crippen LogP contribution in [0.25, 0.3) is 10.8 Å². The van der Waals surface area contributed by atoms with E-state index in [2.05, 4.69) is 28.8 Å². The minimum absolute atomic E-state index is 0.220. The number of amides is 2. The van der Waals surface area contributed by atoms with E-state index in [0.717, 1.165) is 23.9 Å². The first kappa shape index (κ1) is 14.9. The number of rotatable bonds is 5. The van der Waals surface area contributed by atoms with Gasteiger partial charge in [-0.15, -0.1) is 0 Å². The van der Waals surface area contributed by atoms with E-state index < -0.39 is 0 Å². The highest BCUT2D eigenvalue weighted by Gasteiger charge is 2.16. The van der Waals surface area contributed by atoms with E-state index in [-0.39, 0.29) is 12.1 Å². The lowest BCUT2D eigenvalue weighted by atomic mass is 10.0. The molecule has 1 aliphatic carbocycles. The van der Waals surface area contributed by atoms with Crippen molar-refractivity contribution in [1.29, 1.82) is 0 Å². The fourth-order valence-electron chi connectivity index (χ4n) is 3.08. The number of benzene rings is 2. The molecule has 1 unspecified atom stereocenters. The molecule has 0 radical (unpaired) electrons. The summed E-state index contributed by atoms with van der Waals surface area (Å²) in [6.45, 7) is 2.40. The van der Waals surface area contributed by atoms with Gasteiger partial charge in [0, 0.05) is 11.9 Å². The lowest BCUT2D eigenvalue weighted by Crippen LogP contribution is -2.31. The van der Waals surface area contributed by atoms with E-state index in [1.165, 1.54) is 16.5 Å². The van der Waals surface area contributed by atoms with Crippen LogP contribution in [0.2, 0.25) is 0 Å². The summed E-state index contributed by atoms with van der Waals surface area (Å²) < 4.78 is 0. The Bertz CT molecular complexity index is 687. The van der Waals surface area contributed by atoms with Gasteiger partial charge >= 0.3 is 6.03 Å². The highest BCUT2D eigenvalue weighted by Crippen LogP contribution is 2.34. The summed E-state index contributed by atoms with van der Waals surface area (Å²) in [4.78, 5) is 12.0. The van der Waals surface area contributed by atoms with Crippen LogP contribution in [-0.2, 0) is 12.8 Å². The lowest BCUT2D eigenvalue weighted by Gasteiger charge is -2.12. The molecule has 1 aliphatic rings. The average Bonchev–Trinajstić information content (AvgIpc) is 2.95. The fourth-order valence-corrected chi connectivity index (χ4v) is 3.08. The second kappa shape index (κ2) is 6.36. The summed E-state index contributed by atoms with van der Waals surface area (Å²) in [5, 5.41) is 17.6. The predicted octanol–water partition coefficient (Wildman–Crippen LogP) is 3.22.